The minimum atomic E-state index is -2.12. The third-order valence-corrected chi connectivity index (χ3v) is 5.19. The van der Waals surface area contributed by atoms with Gasteiger partial charge in [-0.25, -0.2) is 0 Å². The average molecular weight is 292 g/mol. The lowest BCUT2D eigenvalue weighted by Crippen LogP contribution is -2.45. The smallest absolute Gasteiger partial charge is 0.228 e. The fourth-order valence-electron chi connectivity index (χ4n) is 3.25. The van der Waals surface area contributed by atoms with Crippen molar-refractivity contribution >= 4 is 15.3 Å². The zero-order chi connectivity index (χ0) is 13.9. The Morgan fingerprint density at radius 2 is 2.05 bits per heavy atom. The zero-order valence-electron chi connectivity index (χ0n) is 11.5. The molecule has 2 heterocycles. The first-order valence-electron chi connectivity index (χ1n) is 7.24. The van der Waals surface area contributed by atoms with Gasteiger partial charge in [-0.15, -0.1) is 0 Å². The molecule has 0 spiro atoms. The van der Waals surface area contributed by atoms with Crippen LogP contribution in [0.5, 0.6) is 0 Å². The fraction of sp³-hybridized carbons (Fsp3) is 0.533. The van der Waals surface area contributed by atoms with Crippen LogP contribution < -0.4 is 5.32 Å². The predicted octanol–water partition coefficient (Wildman–Crippen LogP) is 1.05. The SMILES string of the molecule is O=S(=O)=C(C1CCCNC1)N1CCc2ccccc2C1. The van der Waals surface area contributed by atoms with E-state index in [1.165, 1.54) is 11.1 Å². The minimum absolute atomic E-state index is 0.132. The first kappa shape index (κ1) is 13.8. The second-order valence-corrected chi connectivity index (χ2v) is 6.44. The molecule has 20 heavy (non-hydrogen) atoms. The zero-order valence-corrected chi connectivity index (χ0v) is 12.3. The summed E-state index contributed by atoms with van der Waals surface area (Å²) in [6.45, 7) is 3.30. The number of nitrogens with zero attached hydrogens (tertiary/aromatic N) is 1. The largest absolute Gasteiger partial charge is 0.316 e. The van der Waals surface area contributed by atoms with Crippen LogP contribution in [0.4, 0.5) is 0 Å². The van der Waals surface area contributed by atoms with Crippen molar-refractivity contribution in [1.29, 1.82) is 0 Å². The van der Waals surface area contributed by atoms with Crippen molar-refractivity contribution in [2.45, 2.75) is 25.8 Å². The van der Waals surface area contributed by atoms with Gasteiger partial charge in [-0.05, 0) is 36.9 Å². The normalized spacial score (nSPS) is 23.1. The van der Waals surface area contributed by atoms with Gasteiger partial charge in [0.15, 0.2) is 0 Å². The van der Waals surface area contributed by atoms with E-state index < -0.39 is 10.3 Å². The van der Waals surface area contributed by atoms with Crippen LogP contribution in [0.25, 0.3) is 0 Å². The monoisotopic (exact) mass is 292 g/mol. The molecule has 1 N–H and O–H groups in total. The van der Waals surface area contributed by atoms with Crippen molar-refractivity contribution in [1.82, 2.24) is 10.2 Å². The molecule has 2 aliphatic rings. The molecule has 1 aromatic carbocycles. The number of benzene rings is 1. The second kappa shape index (κ2) is 6.08. The van der Waals surface area contributed by atoms with Crippen LogP contribution in [0, 0.1) is 5.92 Å². The lowest BCUT2D eigenvalue weighted by molar-refractivity contribution is 0.354. The summed E-state index contributed by atoms with van der Waals surface area (Å²) >= 11 is 0. The average Bonchev–Trinajstić information content (AvgIpc) is 2.48. The maximum absolute atomic E-state index is 11.7. The molecule has 1 saturated heterocycles. The van der Waals surface area contributed by atoms with E-state index in [0.29, 0.717) is 4.99 Å². The third kappa shape index (κ3) is 2.80. The Bertz CT molecular complexity index is 611. The van der Waals surface area contributed by atoms with E-state index in [1.54, 1.807) is 0 Å². The van der Waals surface area contributed by atoms with Gasteiger partial charge in [0, 0.05) is 25.6 Å². The Labute approximate surface area is 121 Å². The minimum Gasteiger partial charge on any atom is -0.316 e. The van der Waals surface area contributed by atoms with E-state index in [9.17, 15) is 8.42 Å². The fourth-order valence-corrected chi connectivity index (χ4v) is 4.09. The van der Waals surface area contributed by atoms with Gasteiger partial charge in [-0.3, -0.25) is 4.90 Å². The van der Waals surface area contributed by atoms with Crippen LogP contribution >= 0.6 is 0 Å². The summed E-state index contributed by atoms with van der Waals surface area (Å²) < 4.78 is 23.4. The summed E-state index contributed by atoms with van der Waals surface area (Å²) in [7, 11) is -2.12. The van der Waals surface area contributed by atoms with Gasteiger partial charge in [0.25, 0.3) is 0 Å². The van der Waals surface area contributed by atoms with Crippen LogP contribution in [0.3, 0.4) is 0 Å². The summed E-state index contributed by atoms with van der Waals surface area (Å²) in [5.41, 5.74) is 2.60. The summed E-state index contributed by atoms with van der Waals surface area (Å²) in [6.07, 6.45) is 2.95. The molecule has 5 heteroatoms. The molecule has 4 nitrogen and oxygen atoms in total. The first-order chi connectivity index (χ1) is 9.75. The van der Waals surface area contributed by atoms with Crippen molar-refractivity contribution in [2.75, 3.05) is 19.6 Å². The number of hydrogen-bond acceptors (Lipinski definition) is 3. The predicted molar refractivity (Wildman–Crippen MR) is 80.1 cm³/mol. The van der Waals surface area contributed by atoms with Crippen molar-refractivity contribution in [3.8, 4) is 0 Å². The lowest BCUT2D eigenvalue weighted by atomic mass is 9.95. The van der Waals surface area contributed by atoms with Gasteiger partial charge in [-0.2, -0.15) is 8.42 Å². The number of fused-ring (bicyclic) bond motifs is 1. The summed E-state index contributed by atoms with van der Waals surface area (Å²) in [4.78, 5) is 2.66. The molecule has 1 atom stereocenters. The van der Waals surface area contributed by atoms with Gasteiger partial charge in [-0.1, -0.05) is 24.3 Å². The molecule has 0 bridgehead atoms. The van der Waals surface area contributed by atoms with Gasteiger partial charge in [0.05, 0.1) is 0 Å². The van der Waals surface area contributed by atoms with Crippen LogP contribution in [0.1, 0.15) is 24.0 Å². The summed E-state index contributed by atoms with van der Waals surface area (Å²) in [5.74, 6) is 0.132. The van der Waals surface area contributed by atoms with Crippen LogP contribution in [0.2, 0.25) is 0 Å². The molecule has 1 unspecified atom stereocenters. The Kier molecular flexibility index (Phi) is 4.19. The van der Waals surface area contributed by atoms with E-state index in [1.807, 2.05) is 6.07 Å². The molecule has 1 aromatic rings. The maximum Gasteiger partial charge on any atom is 0.228 e. The standard InChI is InChI=1S/C15H20N2O2S/c18-20(19)15(13-6-3-8-16-10-13)17-9-7-12-4-1-2-5-14(12)11-17/h1-2,4-5,13,16H,3,6-11H2. The molecule has 0 saturated carbocycles. The molecule has 0 aliphatic carbocycles. The third-order valence-electron chi connectivity index (χ3n) is 4.26. The summed E-state index contributed by atoms with van der Waals surface area (Å²) in [5, 5.41) is 3.31. The molecule has 2 aliphatic heterocycles. The highest BCUT2D eigenvalue weighted by Crippen LogP contribution is 2.22. The van der Waals surface area contributed by atoms with Crippen LogP contribution in [0.15, 0.2) is 24.3 Å². The van der Waals surface area contributed by atoms with Crippen molar-refractivity contribution < 1.29 is 8.42 Å². The number of nitrogens with one attached hydrogen (secondary N) is 1. The Balaban J connectivity index is 1.86. The van der Waals surface area contributed by atoms with E-state index in [2.05, 4.69) is 28.4 Å². The van der Waals surface area contributed by atoms with Crippen molar-refractivity contribution in [2.24, 2.45) is 5.92 Å². The highest BCUT2D eigenvalue weighted by Gasteiger charge is 2.28. The quantitative estimate of drug-likeness (QED) is 0.786. The number of rotatable bonds is 1. The van der Waals surface area contributed by atoms with Crippen LogP contribution in [-0.4, -0.2) is 37.9 Å². The van der Waals surface area contributed by atoms with E-state index in [-0.39, 0.29) is 5.92 Å². The molecule has 0 amide bonds. The van der Waals surface area contributed by atoms with Gasteiger partial charge >= 0.3 is 0 Å². The Morgan fingerprint density at radius 1 is 1.25 bits per heavy atom. The number of piperidine rings is 1. The number of hydrogen-bond donors (Lipinski definition) is 1. The molecule has 0 aromatic heterocycles. The van der Waals surface area contributed by atoms with Gasteiger partial charge in [0.1, 0.15) is 4.99 Å². The van der Waals surface area contributed by atoms with Crippen molar-refractivity contribution in [3.63, 3.8) is 0 Å². The second-order valence-electron chi connectivity index (χ2n) is 5.56. The van der Waals surface area contributed by atoms with Gasteiger partial charge < -0.3 is 5.32 Å². The molecular formula is C15H20N2O2S. The molecular weight excluding hydrogens is 272 g/mol. The highest BCUT2D eigenvalue weighted by molar-refractivity contribution is 7.72. The Hall–Kier alpha value is -1.17. The van der Waals surface area contributed by atoms with Gasteiger partial charge in [0.2, 0.25) is 10.3 Å². The van der Waals surface area contributed by atoms with Crippen molar-refractivity contribution in [3.05, 3.63) is 35.4 Å². The lowest BCUT2D eigenvalue weighted by Gasteiger charge is -2.33. The molecule has 1 fully saturated rings. The van der Waals surface area contributed by atoms with Crippen LogP contribution in [-0.2, 0) is 23.3 Å². The summed E-state index contributed by atoms with van der Waals surface area (Å²) in [6, 6.07) is 8.32. The molecule has 3 rings (SSSR count). The Morgan fingerprint density at radius 3 is 2.75 bits per heavy atom. The van der Waals surface area contributed by atoms with E-state index in [4.69, 9.17) is 0 Å². The maximum atomic E-state index is 11.7. The van der Waals surface area contributed by atoms with E-state index in [0.717, 1.165) is 45.4 Å². The van der Waals surface area contributed by atoms with E-state index >= 15 is 0 Å². The highest BCUT2D eigenvalue weighted by atomic mass is 32.2. The topological polar surface area (TPSA) is 49.4 Å². The molecule has 0 radical (unpaired) electrons. The molecule has 108 valence electrons. The first-order valence-corrected chi connectivity index (χ1v) is 8.32.